The van der Waals surface area contributed by atoms with Crippen LogP contribution in [0.25, 0.3) is 0 Å². The van der Waals surface area contributed by atoms with E-state index in [1.54, 1.807) is 11.3 Å². The van der Waals surface area contributed by atoms with Gasteiger partial charge in [0.05, 0.1) is 17.4 Å². The van der Waals surface area contributed by atoms with E-state index in [-0.39, 0.29) is 12.5 Å². The van der Waals surface area contributed by atoms with Crippen LogP contribution in [0.4, 0.5) is 0 Å². The van der Waals surface area contributed by atoms with Crippen molar-refractivity contribution in [1.29, 1.82) is 0 Å². The van der Waals surface area contributed by atoms with Crippen molar-refractivity contribution in [2.75, 3.05) is 13.2 Å². The number of amides is 1. The van der Waals surface area contributed by atoms with E-state index >= 15 is 0 Å². The molecule has 1 fully saturated rings. The SMILES string of the molecule is Cc1cc(C(C)(C)C(=O)NCC2OCCC2C(=O)O)cs1. The predicted molar refractivity (Wildman–Crippen MR) is 80.6 cm³/mol. The Morgan fingerprint density at radius 1 is 1.52 bits per heavy atom. The summed E-state index contributed by atoms with van der Waals surface area (Å²) >= 11 is 1.61. The summed E-state index contributed by atoms with van der Waals surface area (Å²) in [5.74, 6) is -1.50. The number of carbonyl (C=O) groups is 2. The molecule has 0 spiro atoms. The van der Waals surface area contributed by atoms with Crippen LogP contribution in [0.2, 0.25) is 0 Å². The minimum Gasteiger partial charge on any atom is -0.481 e. The highest BCUT2D eigenvalue weighted by atomic mass is 32.1. The largest absolute Gasteiger partial charge is 0.481 e. The van der Waals surface area contributed by atoms with Crippen molar-refractivity contribution in [2.24, 2.45) is 5.92 Å². The summed E-state index contributed by atoms with van der Waals surface area (Å²) in [6.45, 7) is 6.42. The highest BCUT2D eigenvalue weighted by Gasteiger charge is 2.36. The summed E-state index contributed by atoms with van der Waals surface area (Å²) in [7, 11) is 0. The molecular weight excluding hydrogens is 290 g/mol. The lowest BCUT2D eigenvalue weighted by Crippen LogP contribution is -2.44. The fourth-order valence-corrected chi connectivity index (χ4v) is 3.32. The number of thiophene rings is 1. The van der Waals surface area contributed by atoms with Crippen LogP contribution in [0.5, 0.6) is 0 Å². The van der Waals surface area contributed by atoms with E-state index in [2.05, 4.69) is 5.32 Å². The predicted octanol–water partition coefficient (Wildman–Crippen LogP) is 1.94. The molecule has 21 heavy (non-hydrogen) atoms. The van der Waals surface area contributed by atoms with Gasteiger partial charge in [-0.3, -0.25) is 9.59 Å². The molecule has 2 atom stereocenters. The van der Waals surface area contributed by atoms with Crippen LogP contribution in [-0.2, 0) is 19.7 Å². The second-order valence-electron chi connectivity index (χ2n) is 5.92. The summed E-state index contributed by atoms with van der Waals surface area (Å²) in [4.78, 5) is 24.6. The van der Waals surface area contributed by atoms with E-state index in [0.29, 0.717) is 13.0 Å². The van der Waals surface area contributed by atoms with Gasteiger partial charge in [-0.05, 0) is 44.2 Å². The van der Waals surface area contributed by atoms with Crippen LogP contribution in [0.15, 0.2) is 11.4 Å². The average Bonchev–Trinajstić information content (AvgIpc) is 3.04. The standard InChI is InChI=1S/C15H21NO4S/c1-9-6-10(8-21-9)15(2,3)14(19)16-7-12-11(13(17)18)4-5-20-12/h6,8,11-12H,4-5,7H2,1-3H3,(H,16,19)(H,17,18). The monoisotopic (exact) mass is 311 g/mol. The molecule has 1 aliphatic heterocycles. The zero-order chi connectivity index (χ0) is 15.6. The molecule has 0 saturated carbocycles. The number of aryl methyl sites for hydroxylation is 1. The molecule has 2 N–H and O–H groups in total. The molecule has 0 radical (unpaired) electrons. The van der Waals surface area contributed by atoms with Gasteiger partial charge in [-0.25, -0.2) is 0 Å². The number of aliphatic carboxylic acids is 1. The van der Waals surface area contributed by atoms with Crippen molar-refractivity contribution in [3.8, 4) is 0 Å². The molecule has 5 nitrogen and oxygen atoms in total. The molecule has 1 aliphatic rings. The maximum Gasteiger partial charge on any atom is 0.309 e. The van der Waals surface area contributed by atoms with Crippen LogP contribution in [0, 0.1) is 12.8 Å². The van der Waals surface area contributed by atoms with Gasteiger partial charge in [-0.2, -0.15) is 0 Å². The summed E-state index contributed by atoms with van der Waals surface area (Å²) in [5, 5.41) is 13.9. The molecule has 1 amide bonds. The topological polar surface area (TPSA) is 75.6 Å². The first-order valence-electron chi connectivity index (χ1n) is 7.00. The molecule has 1 aromatic rings. The van der Waals surface area contributed by atoms with E-state index in [0.717, 1.165) is 10.4 Å². The number of rotatable bonds is 5. The Hall–Kier alpha value is -1.40. The molecule has 6 heteroatoms. The van der Waals surface area contributed by atoms with Crippen LogP contribution >= 0.6 is 11.3 Å². The maximum atomic E-state index is 12.4. The highest BCUT2D eigenvalue weighted by molar-refractivity contribution is 7.10. The molecule has 1 aromatic heterocycles. The van der Waals surface area contributed by atoms with Gasteiger partial charge in [0.15, 0.2) is 0 Å². The normalized spacial score (nSPS) is 22.2. The fraction of sp³-hybridized carbons (Fsp3) is 0.600. The second-order valence-corrected chi connectivity index (χ2v) is 7.04. The van der Waals surface area contributed by atoms with Crippen LogP contribution in [0.3, 0.4) is 0 Å². The molecule has 0 bridgehead atoms. The lowest BCUT2D eigenvalue weighted by Gasteiger charge is -2.24. The zero-order valence-electron chi connectivity index (χ0n) is 12.5. The van der Waals surface area contributed by atoms with Crippen molar-refractivity contribution in [3.63, 3.8) is 0 Å². The quantitative estimate of drug-likeness (QED) is 0.871. The van der Waals surface area contributed by atoms with Gasteiger partial charge >= 0.3 is 5.97 Å². The molecule has 1 saturated heterocycles. The van der Waals surface area contributed by atoms with E-state index < -0.39 is 23.4 Å². The number of carboxylic acid groups (broad SMARTS) is 1. The number of hydrogen-bond acceptors (Lipinski definition) is 4. The number of ether oxygens (including phenoxy) is 1. The molecule has 0 aromatic carbocycles. The van der Waals surface area contributed by atoms with Gasteiger partial charge in [0.25, 0.3) is 0 Å². The van der Waals surface area contributed by atoms with E-state index in [1.807, 2.05) is 32.2 Å². The molecule has 116 valence electrons. The van der Waals surface area contributed by atoms with Crippen molar-refractivity contribution in [2.45, 2.75) is 38.7 Å². The first kappa shape index (κ1) is 16.0. The van der Waals surface area contributed by atoms with Crippen LogP contribution < -0.4 is 5.32 Å². The summed E-state index contributed by atoms with van der Waals surface area (Å²) in [5.41, 5.74) is 0.340. The first-order valence-corrected chi connectivity index (χ1v) is 7.88. The van der Waals surface area contributed by atoms with E-state index in [9.17, 15) is 9.59 Å². The highest BCUT2D eigenvalue weighted by Crippen LogP contribution is 2.28. The Kier molecular flexibility index (Phi) is 4.68. The zero-order valence-corrected chi connectivity index (χ0v) is 13.3. The molecule has 0 aliphatic carbocycles. The summed E-state index contributed by atoms with van der Waals surface area (Å²) < 4.78 is 5.41. The molecular formula is C15H21NO4S. The summed E-state index contributed by atoms with van der Waals surface area (Å²) in [6.07, 6.45) is 0.0645. The lowest BCUT2D eigenvalue weighted by molar-refractivity contribution is -0.143. The van der Waals surface area contributed by atoms with Crippen molar-refractivity contribution in [1.82, 2.24) is 5.32 Å². The summed E-state index contributed by atoms with van der Waals surface area (Å²) in [6, 6.07) is 2.01. The first-order chi connectivity index (χ1) is 9.82. The number of carboxylic acids is 1. The van der Waals surface area contributed by atoms with E-state index in [1.165, 1.54) is 0 Å². The molecule has 2 unspecified atom stereocenters. The second kappa shape index (κ2) is 6.15. The number of nitrogens with one attached hydrogen (secondary N) is 1. The van der Waals surface area contributed by atoms with Gasteiger partial charge in [0.2, 0.25) is 5.91 Å². The van der Waals surface area contributed by atoms with Crippen molar-refractivity contribution < 1.29 is 19.4 Å². The third-order valence-corrected chi connectivity index (χ3v) is 4.87. The lowest BCUT2D eigenvalue weighted by atomic mass is 9.85. The number of hydrogen-bond donors (Lipinski definition) is 2. The average molecular weight is 311 g/mol. The smallest absolute Gasteiger partial charge is 0.309 e. The Morgan fingerprint density at radius 2 is 2.24 bits per heavy atom. The fourth-order valence-electron chi connectivity index (χ4n) is 2.45. The third-order valence-electron chi connectivity index (χ3n) is 4.01. The Bertz CT molecular complexity index is 538. The number of carbonyl (C=O) groups excluding carboxylic acids is 1. The third kappa shape index (κ3) is 3.44. The van der Waals surface area contributed by atoms with Gasteiger partial charge in [0, 0.05) is 18.0 Å². The van der Waals surface area contributed by atoms with Gasteiger partial charge in [0.1, 0.15) is 0 Å². The maximum absolute atomic E-state index is 12.4. The molecule has 2 rings (SSSR count). The Balaban J connectivity index is 1.96. The minimum atomic E-state index is -0.862. The van der Waals surface area contributed by atoms with Crippen molar-refractivity contribution >= 4 is 23.2 Å². The van der Waals surface area contributed by atoms with Crippen molar-refractivity contribution in [3.05, 3.63) is 21.9 Å². The van der Waals surface area contributed by atoms with E-state index in [4.69, 9.17) is 9.84 Å². The van der Waals surface area contributed by atoms with Gasteiger partial charge in [-0.15, -0.1) is 11.3 Å². The Morgan fingerprint density at radius 3 is 2.81 bits per heavy atom. The van der Waals surface area contributed by atoms with Crippen LogP contribution in [0.1, 0.15) is 30.7 Å². The van der Waals surface area contributed by atoms with Crippen LogP contribution in [-0.4, -0.2) is 36.2 Å². The van der Waals surface area contributed by atoms with Gasteiger partial charge < -0.3 is 15.2 Å². The Labute approximate surface area is 128 Å². The molecule has 2 heterocycles. The minimum absolute atomic E-state index is 0.111. The van der Waals surface area contributed by atoms with Gasteiger partial charge in [-0.1, -0.05) is 0 Å².